The molecule has 0 spiro atoms. The first-order valence-corrected chi connectivity index (χ1v) is 5.76. The number of aliphatic hydroxyl groups excluding tert-OH is 1. The van der Waals surface area contributed by atoms with E-state index < -0.39 is 6.10 Å². The Morgan fingerprint density at radius 3 is 2.71 bits per heavy atom. The van der Waals surface area contributed by atoms with Gasteiger partial charge in [0.05, 0.1) is 18.3 Å². The van der Waals surface area contributed by atoms with Crippen LogP contribution in [-0.4, -0.2) is 18.2 Å². The molecule has 2 nitrogen and oxygen atoms in total. The monoisotopic (exact) mass is 235 g/mol. The van der Waals surface area contributed by atoms with Crippen LogP contribution in [0.3, 0.4) is 0 Å². The first kappa shape index (κ1) is 13.5. The summed E-state index contributed by atoms with van der Waals surface area (Å²) in [6, 6.07) is 4.76. The van der Waals surface area contributed by atoms with E-state index in [2.05, 4.69) is 5.92 Å². The minimum absolute atomic E-state index is 0.341. The maximum absolute atomic E-state index is 13.9. The van der Waals surface area contributed by atoms with Crippen LogP contribution in [-0.2, 0) is 0 Å². The Kier molecular flexibility index (Phi) is 4.99. The number of rotatable bonds is 5. The number of terminal acetylenes is 1. The smallest absolute Gasteiger partial charge is 0.146 e. The van der Waals surface area contributed by atoms with E-state index in [1.54, 1.807) is 19.1 Å². The van der Waals surface area contributed by atoms with Crippen LogP contribution in [0.1, 0.15) is 31.9 Å². The molecule has 3 heteroatoms. The van der Waals surface area contributed by atoms with Gasteiger partial charge in [0.25, 0.3) is 0 Å². The Bertz CT molecular complexity index is 409. The van der Waals surface area contributed by atoms with Crippen molar-refractivity contribution in [3.05, 3.63) is 29.6 Å². The van der Waals surface area contributed by atoms with E-state index in [0.717, 1.165) is 13.0 Å². The molecule has 0 saturated heterocycles. The van der Waals surface area contributed by atoms with Crippen molar-refractivity contribution in [2.45, 2.75) is 26.4 Å². The molecule has 0 saturated carbocycles. The lowest BCUT2D eigenvalue weighted by molar-refractivity contribution is 0.199. The Hall–Kier alpha value is -1.53. The molecule has 1 atom stereocenters. The topological polar surface area (TPSA) is 23.5 Å². The molecule has 0 aliphatic carbocycles. The Morgan fingerprint density at radius 1 is 1.53 bits per heavy atom. The molecule has 0 aromatic heterocycles. The molecule has 0 fully saturated rings. The van der Waals surface area contributed by atoms with Crippen LogP contribution in [0.25, 0.3) is 0 Å². The van der Waals surface area contributed by atoms with Crippen LogP contribution in [0, 0.1) is 18.2 Å². The second kappa shape index (κ2) is 6.27. The lowest BCUT2D eigenvalue weighted by Gasteiger charge is -2.22. The third-order valence-corrected chi connectivity index (χ3v) is 2.57. The van der Waals surface area contributed by atoms with Crippen molar-refractivity contribution in [3.63, 3.8) is 0 Å². The number of halogens is 1. The highest BCUT2D eigenvalue weighted by molar-refractivity contribution is 5.50. The number of anilines is 1. The zero-order valence-corrected chi connectivity index (χ0v) is 10.3. The largest absolute Gasteiger partial charge is 0.389 e. The maximum atomic E-state index is 13.9. The second-order valence-corrected chi connectivity index (χ2v) is 4.01. The normalized spacial score (nSPS) is 11.9. The highest BCUT2D eigenvalue weighted by Gasteiger charge is 2.12. The number of benzene rings is 1. The second-order valence-electron chi connectivity index (χ2n) is 4.01. The van der Waals surface area contributed by atoms with Crippen molar-refractivity contribution >= 4 is 5.69 Å². The Morgan fingerprint density at radius 2 is 2.24 bits per heavy atom. The summed E-state index contributed by atoms with van der Waals surface area (Å²) >= 11 is 0. The van der Waals surface area contributed by atoms with Crippen LogP contribution in [0.15, 0.2) is 18.2 Å². The van der Waals surface area contributed by atoms with Crippen molar-refractivity contribution in [1.82, 2.24) is 0 Å². The van der Waals surface area contributed by atoms with Crippen LogP contribution in [0.4, 0.5) is 10.1 Å². The minimum Gasteiger partial charge on any atom is -0.389 e. The average molecular weight is 235 g/mol. The predicted molar refractivity (Wildman–Crippen MR) is 68.4 cm³/mol. The molecule has 0 aliphatic rings. The summed E-state index contributed by atoms with van der Waals surface area (Å²) in [6.45, 7) is 4.74. The number of aliphatic hydroxyl groups is 1. The lowest BCUT2D eigenvalue weighted by Crippen LogP contribution is -2.25. The summed E-state index contributed by atoms with van der Waals surface area (Å²) in [5, 5.41) is 9.37. The van der Waals surface area contributed by atoms with E-state index >= 15 is 0 Å². The van der Waals surface area contributed by atoms with E-state index in [1.807, 2.05) is 11.8 Å². The molecule has 0 heterocycles. The standard InChI is InChI=1S/C14H18FNO/c1-4-8-16(9-5-2)14-7-6-12(11(3)17)10-13(14)15/h1,6-7,10-11,17H,5,8-9H2,2-3H3/t11-/m0/s1. The molecule has 0 radical (unpaired) electrons. The summed E-state index contributed by atoms with van der Waals surface area (Å²) in [7, 11) is 0. The molecule has 1 aromatic carbocycles. The van der Waals surface area contributed by atoms with Gasteiger partial charge in [-0.3, -0.25) is 0 Å². The predicted octanol–water partition coefficient (Wildman–Crippen LogP) is 2.73. The van der Waals surface area contributed by atoms with Gasteiger partial charge in [-0.05, 0) is 31.0 Å². The molecule has 17 heavy (non-hydrogen) atoms. The fraction of sp³-hybridized carbons (Fsp3) is 0.429. The third-order valence-electron chi connectivity index (χ3n) is 2.57. The molecular weight excluding hydrogens is 217 g/mol. The van der Waals surface area contributed by atoms with E-state index in [0.29, 0.717) is 17.8 Å². The molecule has 1 N–H and O–H groups in total. The fourth-order valence-corrected chi connectivity index (χ4v) is 1.70. The number of hydrogen-bond acceptors (Lipinski definition) is 2. The van der Waals surface area contributed by atoms with E-state index in [-0.39, 0.29) is 5.82 Å². The molecule has 0 bridgehead atoms. The number of hydrogen-bond donors (Lipinski definition) is 1. The van der Waals surface area contributed by atoms with Gasteiger partial charge in [0.1, 0.15) is 5.82 Å². The van der Waals surface area contributed by atoms with Crippen molar-refractivity contribution in [1.29, 1.82) is 0 Å². The lowest BCUT2D eigenvalue weighted by atomic mass is 10.1. The Labute approximate surface area is 102 Å². The fourth-order valence-electron chi connectivity index (χ4n) is 1.70. The zero-order valence-electron chi connectivity index (χ0n) is 10.3. The van der Waals surface area contributed by atoms with Crippen LogP contribution in [0.2, 0.25) is 0 Å². The van der Waals surface area contributed by atoms with Gasteiger partial charge in [-0.25, -0.2) is 4.39 Å². The van der Waals surface area contributed by atoms with Gasteiger partial charge in [0, 0.05) is 6.54 Å². The van der Waals surface area contributed by atoms with E-state index in [4.69, 9.17) is 6.42 Å². The first-order valence-electron chi connectivity index (χ1n) is 5.76. The van der Waals surface area contributed by atoms with Crippen molar-refractivity contribution in [2.75, 3.05) is 18.0 Å². The van der Waals surface area contributed by atoms with Crippen LogP contribution in [0.5, 0.6) is 0 Å². The highest BCUT2D eigenvalue weighted by Crippen LogP contribution is 2.23. The summed E-state index contributed by atoms with van der Waals surface area (Å²) in [4.78, 5) is 1.82. The highest BCUT2D eigenvalue weighted by atomic mass is 19.1. The maximum Gasteiger partial charge on any atom is 0.146 e. The van der Waals surface area contributed by atoms with E-state index in [1.165, 1.54) is 6.07 Å². The van der Waals surface area contributed by atoms with Gasteiger partial charge in [0.15, 0.2) is 0 Å². The summed E-state index contributed by atoms with van der Waals surface area (Å²) in [5.74, 6) is 2.18. The zero-order chi connectivity index (χ0) is 12.8. The van der Waals surface area contributed by atoms with Gasteiger partial charge in [-0.1, -0.05) is 18.9 Å². The molecule has 92 valence electrons. The number of nitrogens with zero attached hydrogens (tertiary/aromatic N) is 1. The van der Waals surface area contributed by atoms with Crippen molar-refractivity contribution in [2.24, 2.45) is 0 Å². The molecule has 1 rings (SSSR count). The van der Waals surface area contributed by atoms with Crippen LogP contribution < -0.4 is 4.90 Å². The van der Waals surface area contributed by atoms with Gasteiger partial charge >= 0.3 is 0 Å². The van der Waals surface area contributed by atoms with Gasteiger partial charge < -0.3 is 10.0 Å². The van der Waals surface area contributed by atoms with Gasteiger partial charge in [0.2, 0.25) is 0 Å². The van der Waals surface area contributed by atoms with Crippen molar-refractivity contribution in [3.8, 4) is 12.3 Å². The van der Waals surface area contributed by atoms with Crippen molar-refractivity contribution < 1.29 is 9.50 Å². The summed E-state index contributed by atoms with van der Waals surface area (Å²) in [5.41, 5.74) is 1.07. The molecule has 0 aliphatic heterocycles. The average Bonchev–Trinajstić information content (AvgIpc) is 2.28. The summed E-state index contributed by atoms with van der Waals surface area (Å²) in [6.07, 6.45) is 5.51. The molecule has 1 aromatic rings. The molecular formula is C14H18FNO. The SMILES string of the molecule is C#CCN(CCC)c1ccc([C@H](C)O)cc1F. The quantitative estimate of drug-likeness (QED) is 0.793. The summed E-state index contributed by atoms with van der Waals surface area (Å²) < 4.78 is 13.9. The Balaban J connectivity index is 3.00. The van der Waals surface area contributed by atoms with E-state index in [9.17, 15) is 9.50 Å². The van der Waals surface area contributed by atoms with Crippen LogP contribution >= 0.6 is 0 Å². The van der Waals surface area contributed by atoms with Gasteiger partial charge in [-0.2, -0.15) is 0 Å². The van der Waals surface area contributed by atoms with Gasteiger partial charge in [-0.15, -0.1) is 6.42 Å². The minimum atomic E-state index is -0.661. The molecule has 0 unspecified atom stereocenters. The first-order chi connectivity index (χ1) is 8.10. The third kappa shape index (κ3) is 3.47. The molecule has 0 amide bonds.